The number of nitrogens with zero attached hydrogens (tertiary/aromatic N) is 2. The quantitative estimate of drug-likeness (QED) is 0.372. The molecule has 4 rings (SSSR count). The molecule has 1 N–H and O–H groups in total. The molecule has 7 heteroatoms. The number of benzene rings is 3. The maximum atomic E-state index is 12.7. The Bertz CT molecular complexity index is 1230. The summed E-state index contributed by atoms with van der Waals surface area (Å²) in [7, 11) is 1.62. The van der Waals surface area contributed by atoms with Crippen LogP contribution in [0.4, 0.5) is 0 Å². The van der Waals surface area contributed by atoms with Crippen molar-refractivity contribution in [3.05, 3.63) is 93.7 Å². The van der Waals surface area contributed by atoms with E-state index in [9.17, 15) is 4.79 Å². The largest absolute Gasteiger partial charge is 0.497 e. The van der Waals surface area contributed by atoms with Crippen LogP contribution in [0.25, 0.3) is 11.0 Å². The molecule has 4 aromatic rings. The molecule has 0 saturated carbocycles. The number of hydrogen-bond donors (Lipinski definition) is 1. The van der Waals surface area contributed by atoms with E-state index in [1.165, 1.54) is 0 Å². The molecule has 0 fully saturated rings. The predicted octanol–water partition coefficient (Wildman–Crippen LogP) is 5.82. The van der Waals surface area contributed by atoms with Crippen molar-refractivity contribution < 1.29 is 9.53 Å². The predicted molar refractivity (Wildman–Crippen MR) is 129 cm³/mol. The second kappa shape index (κ2) is 9.63. The van der Waals surface area contributed by atoms with Crippen molar-refractivity contribution in [1.29, 1.82) is 0 Å². The van der Waals surface area contributed by atoms with Crippen molar-refractivity contribution in [1.82, 2.24) is 14.9 Å². The summed E-state index contributed by atoms with van der Waals surface area (Å²) in [6, 6.07) is 20.5. The molecule has 1 aromatic heterocycles. The molecule has 164 valence electrons. The lowest BCUT2D eigenvalue weighted by Crippen LogP contribution is -2.30. The number of hydrogen-bond acceptors (Lipinski definition) is 3. The van der Waals surface area contributed by atoms with Crippen molar-refractivity contribution in [3.8, 4) is 5.75 Å². The van der Waals surface area contributed by atoms with Crippen LogP contribution in [0.2, 0.25) is 10.0 Å². The number of methoxy groups -OCH3 is 1. The Morgan fingerprint density at radius 3 is 2.41 bits per heavy atom. The number of imidazole rings is 1. The topological polar surface area (TPSA) is 56.1 Å². The lowest BCUT2D eigenvalue weighted by molar-refractivity contribution is -0.121. The van der Waals surface area contributed by atoms with Crippen LogP contribution in [0, 0.1) is 0 Å². The molecule has 0 aliphatic carbocycles. The van der Waals surface area contributed by atoms with Gasteiger partial charge in [-0.15, -0.1) is 0 Å². The summed E-state index contributed by atoms with van der Waals surface area (Å²) in [6.45, 7) is 2.38. The summed E-state index contributed by atoms with van der Waals surface area (Å²) in [5.74, 6) is 1.41. The highest BCUT2D eigenvalue weighted by atomic mass is 35.5. The molecule has 32 heavy (non-hydrogen) atoms. The number of nitrogens with one attached hydrogen (secondary N) is 1. The molecule has 5 nitrogen and oxygen atoms in total. The first kappa shape index (κ1) is 22.2. The molecule has 0 radical (unpaired) electrons. The summed E-state index contributed by atoms with van der Waals surface area (Å²) < 4.78 is 7.23. The number of ether oxygens (including phenoxy) is 1. The molecule has 0 saturated heterocycles. The summed E-state index contributed by atoms with van der Waals surface area (Å²) in [4.78, 5) is 17.5. The maximum Gasteiger partial charge on any atom is 0.224 e. The number of aromatic nitrogens is 2. The number of amides is 1. The van der Waals surface area contributed by atoms with E-state index in [1.807, 2.05) is 73.7 Å². The zero-order valence-corrected chi connectivity index (χ0v) is 19.3. The first-order valence-corrected chi connectivity index (χ1v) is 11.0. The summed E-state index contributed by atoms with van der Waals surface area (Å²) in [6.07, 6.45) is 0.269. The lowest BCUT2D eigenvalue weighted by atomic mass is 10.1. The highest BCUT2D eigenvalue weighted by Crippen LogP contribution is 2.29. The van der Waals surface area contributed by atoms with E-state index in [0.717, 1.165) is 33.7 Å². The van der Waals surface area contributed by atoms with Crippen LogP contribution in [0.1, 0.15) is 29.9 Å². The van der Waals surface area contributed by atoms with Crippen LogP contribution in [-0.2, 0) is 17.8 Å². The van der Waals surface area contributed by atoms with Crippen molar-refractivity contribution in [2.24, 2.45) is 0 Å². The van der Waals surface area contributed by atoms with Crippen LogP contribution in [0.15, 0.2) is 66.7 Å². The second-order valence-electron chi connectivity index (χ2n) is 7.56. The average Bonchev–Trinajstić information content (AvgIpc) is 3.15. The van der Waals surface area contributed by atoms with Gasteiger partial charge >= 0.3 is 0 Å². The van der Waals surface area contributed by atoms with E-state index in [0.29, 0.717) is 16.6 Å². The second-order valence-corrected chi connectivity index (χ2v) is 8.37. The van der Waals surface area contributed by atoms with Crippen LogP contribution in [0.3, 0.4) is 0 Å². The number of rotatable bonds is 7. The highest BCUT2D eigenvalue weighted by Gasteiger charge is 2.20. The Morgan fingerprint density at radius 2 is 1.72 bits per heavy atom. The van der Waals surface area contributed by atoms with E-state index in [-0.39, 0.29) is 18.4 Å². The van der Waals surface area contributed by atoms with Gasteiger partial charge in [-0.1, -0.05) is 53.5 Å². The first-order chi connectivity index (χ1) is 15.5. The molecule has 1 atom stereocenters. The third kappa shape index (κ3) is 4.74. The Hall–Kier alpha value is -3.02. The molecular formula is C25H23Cl2N3O2. The molecule has 3 aromatic carbocycles. The van der Waals surface area contributed by atoms with Gasteiger partial charge in [0.15, 0.2) is 0 Å². The molecule has 0 spiro atoms. The van der Waals surface area contributed by atoms with Crippen LogP contribution in [0.5, 0.6) is 5.75 Å². The first-order valence-electron chi connectivity index (χ1n) is 10.3. The molecule has 1 unspecified atom stereocenters. The minimum atomic E-state index is -0.311. The van der Waals surface area contributed by atoms with Crippen molar-refractivity contribution in [3.63, 3.8) is 0 Å². The molecule has 0 aliphatic heterocycles. The van der Waals surface area contributed by atoms with Gasteiger partial charge in [-0.05, 0) is 48.9 Å². The maximum absolute atomic E-state index is 12.7. The minimum Gasteiger partial charge on any atom is -0.497 e. The van der Waals surface area contributed by atoms with E-state index in [2.05, 4.69) is 9.88 Å². The van der Waals surface area contributed by atoms with Gasteiger partial charge in [0, 0.05) is 15.6 Å². The van der Waals surface area contributed by atoms with Gasteiger partial charge in [0.25, 0.3) is 0 Å². The van der Waals surface area contributed by atoms with Gasteiger partial charge in [-0.25, -0.2) is 4.98 Å². The summed E-state index contributed by atoms with van der Waals surface area (Å²) in [5.41, 5.74) is 3.53. The fourth-order valence-corrected chi connectivity index (χ4v) is 4.24. The van der Waals surface area contributed by atoms with Gasteiger partial charge in [0.2, 0.25) is 5.91 Å². The van der Waals surface area contributed by atoms with Gasteiger partial charge in [0.05, 0.1) is 37.2 Å². The minimum absolute atomic E-state index is 0.0861. The summed E-state index contributed by atoms with van der Waals surface area (Å²) in [5, 5.41) is 4.26. The Labute approximate surface area is 196 Å². The van der Waals surface area contributed by atoms with Gasteiger partial charge in [-0.3, -0.25) is 4.79 Å². The zero-order valence-electron chi connectivity index (χ0n) is 17.8. The average molecular weight is 468 g/mol. The number of carbonyl (C=O) groups is 1. The molecule has 1 heterocycles. The monoisotopic (exact) mass is 467 g/mol. The summed E-state index contributed by atoms with van der Waals surface area (Å²) >= 11 is 12.9. The number of carbonyl (C=O) groups excluding carboxylic acids is 1. The number of fused-ring (bicyclic) bond motifs is 1. The standard InChI is InChI=1S/C25H23Cl2N3O2/c1-16(28-24(31)14-17-10-12-18(32-2)13-11-17)25-29-22-8-3-4-9-23(22)30(25)15-19-20(26)6-5-7-21(19)27/h3-13,16H,14-15H2,1-2H3,(H,28,31). The number of para-hydroxylation sites is 2. The Balaban J connectivity index is 1.60. The van der Waals surface area contributed by atoms with Crippen LogP contribution >= 0.6 is 23.2 Å². The Kier molecular flexibility index (Phi) is 6.68. The molecule has 0 bridgehead atoms. The van der Waals surface area contributed by atoms with Gasteiger partial charge < -0.3 is 14.6 Å². The van der Waals surface area contributed by atoms with Crippen molar-refractivity contribution in [2.45, 2.75) is 25.9 Å². The van der Waals surface area contributed by atoms with E-state index < -0.39 is 0 Å². The third-order valence-corrected chi connectivity index (χ3v) is 6.06. The molecule has 1 amide bonds. The fraction of sp³-hybridized carbons (Fsp3) is 0.200. The fourth-order valence-electron chi connectivity index (χ4n) is 3.72. The SMILES string of the molecule is COc1ccc(CC(=O)NC(C)c2nc3ccccc3n2Cc2c(Cl)cccc2Cl)cc1. The Morgan fingerprint density at radius 1 is 1.03 bits per heavy atom. The van der Waals surface area contributed by atoms with Crippen LogP contribution < -0.4 is 10.1 Å². The van der Waals surface area contributed by atoms with E-state index in [4.69, 9.17) is 32.9 Å². The smallest absolute Gasteiger partial charge is 0.224 e. The number of halogens is 2. The van der Waals surface area contributed by atoms with E-state index in [1.54, 1.807) is 7.11 Å². The molecular weight excluding hydrogens is 445 g/mol. The van der Waals surface area contributed by atoms with Gasteiger partial charge in [-0.2, -0.15) is 0 Å². The van der Waals surface area contributed by atoms with Crippen LogP contribution in [-0.4, -0.2) is 22.6 Å². The van der Waals surface area contributed by atoms with Gasteiger partial charge in [0.1, 0.15) is 11.6 Å². The molecule has 0 aliphatic rings. The lowest BCUT2D eigenvalue weighted by Gasteiger charge is -2.17. The zero-order chi connectivity index (χ0) is 22.7. The normalized spacial score (nSPS) is 12.0. The van der Waals surface area contributed by atoms with Crippen molar-refractivity contribution in [2.75, 3.05) is 7.11 Å². The van der Waals surface area contributed by atoms with Crippen molar-refractivity contribution >= 4 is 40.1 Å². The highest BCUT2D eigenvalue weighted by molar-refractivity contribution is 6.36. The third-order valence-electron chi connectivity index (χ3n) is 5.35. The van der Waals surface area contributed by atoms with E-state index >= 15 is 0 Å².